The number of anilines is 5. The summed E-state index contributed by atoms with van der Waals surface area (Å²) in [5.41, 5.74) is 2.04. The molecule has 1 aromatic heterocycles. The van der Waals surface area contributed by atoms with Gasteiger partial charge < -0.3 is 15.5 Å². The minimum absolute atomic E-state index is 0.304. The van der Waals surface area contributed by atoms with E-state index in [1.54, 1.807) is 36.5 Å². The molecule has 28 heavy (non-hydrogen) atoms. The largest absolute Gasteiger partial charge is 0.329 e. The molecular formula is C20H17Cl2N5O. The van der Waals surface area contributed by atoms with Crippen molar-refractivity contribution < 1.29 is 4.79 Å². The van der Waals surface area contributed by atoms with Crippen molar-refractivity contribution >= 4 is 57.9 Å². The Morgan fingerprint density at radius 3 is 2.46 bits per heavy atom. The van der Waals surface area contributed by atoms with Crippen molar-refractivity contribution in [3.8, 4) is 0 Å². The molecule has 0 bridgehead atoms. The number of aromatic nitrogens is 2. The molecule has 1 heterocycles. The minimum atomic E-state index is -0.304. The van der Waals surface area contributed by atoms with Gasteiger partial charge in [-0.1, -0.05) is 41.9 Å². The number of nitrogens with zero attached hydrogens (tertiary/aromatic N) is 3. The number of carbonyl (C=O) groups is 1. The van der Waals surface area contributed by atoms with Crippen molar-refractivity contribution in [2.24, 2.45) is 0 Å². The fourth-order valence-electron chi connectivity index (χ4n) is 2.47. The summed E-state index contributed by atoms with van der Waals surface area (Å²) in [7, 11) is 1.85. The van der Waals surface area contributed by atoms with Crippen LogP contribution in [0.1, 0.15) is 0 Å². The molecule has 1 amide bonds. The third-order valence-electron chi connectivity index (χ3n) is 3.84. The highest BCUT2D eigenvalue weighted by Crippen LogP contribution is 2.29. The van der Waals surface area contributed by atoms with E-state index in [0.29, 0.717) is 33.2 Å². The van der Waals surface area contributed by atoms with Crippen LogP contribution in [0.4, 0.5) is 28.8 Å². The van der Waals surface area contributed by atoms with Gasteiger partial charge in [0.15, 0.2) is 0 Å². The molecule has 0 radical (unpaired) electrons. The summed E-state index contributed by atoms with van der Waals surface area (Å²) in [6.07, 6.45) is 2.84. The van der Waals surface area contributed by atoms with Crippen LogP contribution in [0.2, 0.25) is 10.0 Å². The molecular weight excluding hydrogens is 397 g/mol. The van der Waals surface area contributed by atoms with Crippen LogP contribution >= 0.6 is 23.2 Å². The number of hydrogen-bond acceptors (Lipinski definition) is 5. The van der Waals surface area contributed by atoms with Gasteiger partial charge in [0, 0.05) is 29.0 Å². The zero-order valence-corrected chi connectivity index (χ0v) is 16.5. The van der Waals surface area contributed by atoms with Crippen LogP contribution in [0.3, 0.4) is 0 Å². The summed E-state index contributed by atoms with van der Waals surface area (Å²) < 4.78 is 0. The van der Waals surface area contributed by atoms with E-state index in [2.05, 4.69) is 27.2 Å². The highest BCUT2D eigenvalue weighted by molar-refractivity contribution is 6.35. The first-order valence-corrected chi connectivity index (χ1v) is 9.04. The third-order valence-corrected chi connectivity index (χ3v) is 4.27. The lowest BCUT2D eigenvalue weighted by molar-refractivity contribution is -0.111. The first-order chi connectivity index (χ1) is 13.5. The smallest absolute Gasteiger partial charge is 0.247 e. The normalized spacial score (nSPS) is 10.2. The predicted molar refractivity (Wildman–Crippen MR) is 115 cm³/mol. The summed E-state index contributed by atoms with van der Waals surface area (Å²) in [5.74, 6) is 0.711. The summed E-state index contributed by atoms with van der Waals surface area (Å²) in [6.45, 7) is 3.46. The number of amides is 1. The van der Waals surface area contributed by atoms with Gasteiger partial charge in [-0.2, -0.15) is 4.98 Å². The van der Waals surface area contributed by atoms with E-state index in [-0.39, 0.29) is 5.91 Å². The van der Waals surface area contributed by atoms with E-state index >= 15 is 0 Å². The van der Waals surface area contributed by atoms with Crippen LogP contribution in [0.15, 0.2) is 67.4 Å². The molecule has 0 aliphatic rings. The Balaban J connectivity index is 1.86. The first kappa shape index (κ1) is 19.7. The van der Waals surface area contributed by atoms with Crippen molar-refractivity contribution in [2.45, 2.75) is 0 Å². The molecule has 3 rings (SSSR count). The Labute approximate surface area is 172 Å². The molecule has 0 fully saturated rings. The van der Waals surface area contributed by atoms with Gasteiger partial charge in [-0.25, -0.2) is 4.98 Å². The topological polar surface area (TPSA) is 70.2 Å². The fourth-order valence-corrected chi connectivity index (χ4v) is 2.98. The maximum atomic E-state index is 11.6. The molecule has 3 aromatic rings. The number of para-hydroxylation sites is 2. The Kier molecular flexibility index (Phi) is 6.13. The standard InChI is InChI=1S/C20H17Cl2N5O/c1-3-19(28)24-16-6-4-5-7-17(16)25-20-23-9-8-18(26-20)27(2)15-11-13(21)10-14(22)12-15/h3-12H,1H2,2H3,(H,24,28)(H,23,25,26). The average molecular weight is 414 g/mol. The lowest BCUT2D eigenvalue weighted by Gasteiger charge is -2.19. The monoisotopic (exact) mass is 413 g/mol. The van der Waals surface area contributed by atoms with Crippen LogP contribution in [-0.4, -0.2) is 22.9 Å². The molecule has 0 saturated carbocycles. The Morgan fingerprint density at radius 1 is 1.11 bits per heavy atom. The van der Waals surface area contributed by atoms with Crippen LogP contribution in [0.5, 0.6) is 0 Å². The summed E-state index contributed by atoms with van der Waals surface area (Å²) in [5, 5.41) is 6.93. The second-order valence-electron chi connectivity index (χ2n) is 5.79. The van der Waals surface area contributed by atoms with Crippen molar-refractivity contribution in [1.29, 1.82) is 0 Å². The maximum Gasteiger partial charge on any atom is 0.247 e. The van der Waals surface area contributed by atoms with Gasteiger partial charge >= 0.3 is 0 Å². The first-order valence-electron chi connectivity index (χ1n) is 8.28. The Morgan fingerprint density at radius 2 is 1.79 bits per heavy atom. The van der Waals surface area contributed by atoms with Gasteiger partial charge in [-0.15, -0.1) is 0 Å². The van der Waals surface area contributed by atoms with Crippen LogP contribution in [0, 0.1) is 0 Å². The van der Waals surface area contributed by atoms with E-state index in [9.17, 15) is 4.79 Å². The lowest BCUT2D eigenvalue weighted by atomic mass is 10.2. The molecule has 2 N–H and O–H groups in total. The molecule has 142 valence electrons. The Hall–Kier alpha value is -3.09. The summed E-state index contributed by atoms with van der Waals surface area (Å²) in [6, 6.07) is 14.3. The highest BCUT2D eigenvalue weighted by atomic mass is 35.5. The zero-order valence-electron chi connectivity index (χ0n) is 15.0. The highest BCUT2D eigenvalue weighted by Gasteiger charge is 2.11. The summed E-state index contributed by atoms with van der Waals surface area (Å²) in [4.78, 5) is 22.2. The predicted octanol–water partition coefficient (Wildman–Crippen LogP) is 5.42. The van der Waals surface area contributed by atoms with Crippen molar-refractivity contribution in [2.75, 3.05) is 22.6 Å². The molecule has 6 nitrogen and oxygen atoms in total. The van der Waals surface area contributed by atoms with Crippen LogP contribution in [0.25, 0.3) is 0 Å². The molecule has 0 aliphatic heterocycles. The minimum Gasteiger partial charge on any atom is -0.329 e. The van der Waals surface area contributed by atoms with Gasteiger partial charge in [0.25, 0.3) is 0 Å². The van der Waals surface area contributed by atoms with E-state index in [1.807, 2.05) is 30.1 Å². The number of halogens is 2. The second kappa shape index (κ2) is 8.73. The van der Waals surface area contributed by atoms with Gasteiger partial charge in [-0.05, 0) is 42.5 Å². The average Bonchev–Trinajstić information content (AvgIpc) is 2.68. The number of rotatable bonds is 6. The molecule has 0 saturated heterocycles. The van der Waals surface area contributed by atoms with Crippen LogP contribution in [-0.2, 0) is 4.79 Å². The van der Waals surface area contributed by atoms with Gasteiger partial charge in [0.2, 0.25) is 11.9 Å². The van der Waals surface area contributed by atoms with E-state index in [0.717, 1.165) is 5.69 Å². The number of carbonyl (C=O) groups excluding carboxylic acids is 1. The van der Waals surface area contributed by atoms with Crippen molar-refractivity contribution in [3.05, 3.63) is 77.4 Å². The molecule has 2 aromatic carbocycles. The van der Waals surface area contributed by atoms with Crippen molar-refractivity contribution in [1.82, 2.24) is 9.97 Å². The third kappa shape index (κ3) is 4.79. The number of nitrogens with one attached hydrogen (secondary N) is 2. The Bertz CT molecular complexity index is 1000. The number of benzene rings is 2. The molecule has 0 aliphatic carbocycles. The van der Waals surface area contributed by atoms with Crippen molar-refractivity contribution in [3.63, 3.8) is 0 Å². The summed E-state index contributed by atoms with van der Waals surface area (Å²) >= 11 is 12.2. The molecule has 0 spiro atoms. The lowest BCUT2D eigenvalue weighted by Crippen LogP contribution is -2.13. The maximum absolute atomic E-state index is 11.6. The molecule has 0 atom stereocenters. The van der Waals surface area contributed by atoms with Gasteiger partial charge in [-0.3, -0.25) is 4.79 Å². The van der Waals surface area contributed by atoms with Gasteiger partial charge in [0.1, 0.15) is 5.82 Å². The van der Waals surface area contributed by atoms with E-state index < -0.39 is 0 Å². The van der Waals surface area contributed by atoms with Crippen LogP contribution < -0.4 is 15.5 Å². The molecule has 8 heteroatoms. The quantitative estimate of drug-likeness (QED) is 0.527. The van der Waals surface area contributed by atoms with Gasteiger partial charge in [0.05, 0.1) is 11.4 Å². The zero-order chi connectivity index (χ0) is 20.1. The fraction of sp³-hybridized carbons (Fsp3) is 0.0500. The second-order valence-corrected chi connectivity index (χ2v) is 6.66. The molecule has 0 unspecified atom stereocenters. The van der Waals surface area contributed by atoms with E-state index in [4.69, 9.17) is 23.2 Å². The number of hydrogen-bond donors (Lipinski definition) is 2. The van der Waals surface area contributed by atoms with E-state index in [1.165, 1.54) is 6.08 Å². The SMILES string of the molecule is C=CC(=O)Nc1ccccc1Nc1nccc(N(C)c2cc(Cl)cc(Cl)c2)n1.